The summed E-state index contributed by atoms with van der Waals surface area (Å²) in [5.41, 5.74) is 2.79. The minimum absolute atomic E-state index is 0.257. The van der Waals surface area contributed by atoms with E-state index in [2.05, 4.69) is 15.0 Å². The van der Waals surface area contributed by atoms with Crippen molar-refractivity contribution in [2.45, 2.75) is 24.9 Å². The average Bonchev–Trinajstić information content (AvgIpc) is 2.81. The van der Waals surface area contributed by atoms with Gasteiger partial charge in [0.1, 0.15) is 0 Å². The summed E-state index contributed by atoms with van der Waals surface area (Å²) in [6.45, 7) is 2.78. The maximum atomic E-state index is 12.3. The van der Waals surface area contributed by atoms with Crippen molar-refractivity contribution in [3.63, 3.8) is 0 Å². The highest BCUT2D eigenvalue weighted by molar-refractivity contribution is 7.89. The monoisotopic (exact) mass is 308 g/mol. The molecule has 6 nitrogen and oxygen atoms in total. The molecule has 0 aliphatic heterocycles. The van der Waals surface area contributed by atoms with Gasteiger partial charge >= 0.3 is 0 Å². The van der Waals surface area contributed by atoms with E-state index in [1.165, 1.54) is 0 Å². The Hall–Kier alpha value is -1.70. The van der Waals surface area contributed by atoms with Crippen LogP contribution in [-0.2, 0) is 30.2 Å². The van der Waals surface area contributed by atoms with Crippen LogP contribution in [0.15, 0.2) is 35.6 Å². The summed E-state index contributed by atoms with van der Waals surface area (Å²) in [6.07, 6.45) is 5.00. The standard InChI is InChI=1S/C14H20N4O2S/c1-11-7-16-5-4-12(11)8-17-21(19,20)14-6-13(9-15-2)18(3)10-14/h4-7,10,15,17H,8-9H2,1-3H3. The summed E-state index contributed by atoms with van der Waals surface area (Å²) in [5, 5.41) is 3.01. The van der Waals surface area contributed by atoms with E-state index in [9.17, 15) is 8.42 Å². The van der Waals surface area contributed by atoms with Crippen molar-refractivity contribution in [3.05, 3.63) is 47.5 Å². The maximum Gasteiger partial charge on any atom is 0.242 e. The second-order valence-electron chi connectivity index (χ2n) is 4.94. The molecule has 114 valence electrons. The molecule has 0 fully saturated rings. The van der Waals surface area contributed by atoms with Gasteiger partial charge < -0.3 is 9.88 Å². The third-order valence-electron chi connectivity index (χ3n) is 3.34. The number of nitrogens with one attached hydrogen (secondary N) is 2. The zero-order valence-corrected chi connectivity index (χ0v) is 13.2. The minimum Gasteiger partial charge on any atom is -0.352 e. The molecule has 0 spiro atoms. The van der Waals surface area contributed by atoms with Gasteiger partial charge in [-0.1, -0.05) is 0 Å². The van der Waals surface area contributed by atoms with Crippen molar-refractivity contribution in [2.75, 3.05) is 7.05 Å². The molecule has 2 N–H and O–H groups in total. The van der Waals surface area contributed by atoms with Gasteiger partial charge in [0.25, 0.3) is 0 Å². The number of nitrogens with zero attached hydrogens (tertiary/aromatic N) is 2. The van der Waals surface area contributed by atoms with Crippen molar-refractivity contribution in [3.8, 4) is 0 Å². The molecule has 0 saturated carbocycles. The molecule has 21 heavy (non-hydrogen) atoms. The average molecular weight is 308 g/mol. The Morgan fingerprint density at radius 2 is 2.10 bits per heavy atom. The van der Waals surface area contributed by atoms with E-state index in [0.717, 1.165) is 16.8 Å². The number of hydrogen-bond donors (Lipinski definition) is 2. The molecular weight excluding hydrogens is 288 g/mol. The molecule has 2 aromatic heterocycles. The lowest BCUT2D eigenvalue weighted by molar-refractivity contribution is 0.581. The SMILES string of the molecule is CNCc1cc(S(=O)(=O)NCc2ccncc2C)cn1C. The largest absolute Gasteiger partial charge is 0.352 e. The fourth-order valence-electron chi connectivity index (χ4n) is 2.04. The van der Waals surface area contributed by atoms with Gasteiger partial charge in [-0.2, -0.15) is 0 Å². The van der Waals surface area contributed by atoms with Crippen molar-refractivity contribution in [1.29, 1.82) is 0 Å². The molecule has 2 aromatic rings. The van der Waals surface area contributed by atoms with Crippen LogP contribution in [0.3, 0.4) is 0 Å². The highest BCUT2D eigenvalue weighted by Crippen LogP contribution is 2.14. The first-order chi connectivity index (χ1) is 9.94. The first-order valence-corrected chi connectivity index (χ1v) is 8.11. The second-order valence-corrected chi connectivity index (χ2v) is 6.70. The third kappa shape index (κ3) is 3.69. The molecule has 0 unspecified atom stereocenters. The summed E-state index contributed by atoms with van der Waals surface area (Å²) in [7, 11) is 0.143. The molecular formula is C14H20N4O2S. The lowest BCUT2D eigenvalue weighted by Gasteiger charge is -2.07. The predicted molar refractivity (Wildman–Crippen MR) is 81.2 cm³/mol. The minimum atomic E-state index is -3.51. The third-order valence-corrected chi connectivity index (χ3v) is 4.71. The van der Waals surface area contributed by atoms with Gasteiger partial charge in [-0.3, -0.25) is 4.98 Å². The first-order valence-electron chi connectivity index (χ1n) is 6.63. The van der Waals surface area contributed by atoms with E-state index in [0.29, 0.717) is 6.54 Å². The van der Waals surface area contributed by atoms with Crippen molar-refractivity contribution >= 4 is 10.0 Å². The molecule has 0 aliphatic rings. The number of aromatic nitrogens is 2. The fraction of sp³-hybridized carbons (Fsp3) is 0.357. The zero-order chi connectivity index (χ0) is 15.5. The van der Waals surface area contributed by atoms with E-state index in [4.69, 9.17) is 0 Å². The van der Waals surface area contributed by atoms with Gasteiger partial charge in [-0.25, -0.2) is 13.1 Å². The smallest absolute Gasteiger partial charge is 0.242 e. The first kappa shape index (κ1) is 15.7. The van der Waals surface area contributed by atoms with Crippen LogP contribution in [0.2, 0.25) is 0 Å². The molecule has 0 radical (unpaired) electrons. The normalized spacial score (nSPS) is 11.8. The summed E-state index contributed by atoms with van der Waals surface area (Å²) in [6, 6.07) is 3.49. The van der Waals surface area contributed by atoms with Gasteiger partial charge in [-0.05, 0) is 37.2 Å². The Bertz CT molecular complexity index is 722. The van der Waals surface area contributed by atoms with Gasteiger partial charge in [0, 0.05) is 44.4 Å². The van der Waals surface area contributed by atoms with E-state index < -0.39 is 10.0 Å². The van der Waals surface area contributed by atoms with Crippen LogP contribution >= 0.6 is 0 Å². The predicted octanol–water partition coefficient (Wildman–Crippen LogP) is 0.926. The topological polar surface area (TPSA) is 76.0 Å². The summed E-state index contributed by atoms with van der Waals surface area (Å²) in [4.78, 5) is 4.27. The molecule has 0 amide bonds. The summed E-state index contributed by atoms with van der Waals surface area (Å²) in [5.74, 6) is 0. The highest BCUT2D eigenvalue weighted by atomic mass is 32.2. The molecule has 0 atom stereocenters. The Balaban J connectivity index is 2.15. The van der Waals surface area contributed by atoms with Gasteiger partial charge in [0.15, 0.2) is 0 Å². The maximum absolute atomic E-state index is 12.3. The van der Waals surface area contributed by atoms with E-state index in [1.54, 1.807) is 24.7 Å². The van der Waals surface area contributed by atoms with Crippen molar-refractivity contribution in [1.82, 2.24) is 19.6 Å². The number of sulfonamides is 1. The molecule has 2 heterocycles. The van der Waals surface area contributed by atoms with Crippen LogP contribution in [0, 0.1) is 6.92 Å². The van der Waals surface area contributed by atoms with Crippen molar-refractivity contribution in [2.24, 2.45) is 7.05 Å². The Morgan fingerprint density at radius 1 is 1.33 bits per heavy atom. The van der Waals surface area contributed by atoms with Crippen LogP contribution in [0.5, 0.6) is 0 Å². The van der Waals surface area contributed by atoms with Crippen LogP contribution in [0.25, 0.3) is 0 Å². The summed E-state index contributed by atoms with van der Waals surface area (Å²) >= 11 is 0. The Morgan fingerprint density at radius 3 is 2.76 bits per heavy atom. The van der Waals surface area contributed by atoms with Crippen LogP contribution < -0.4 is 10.0 Å². The number of hydrogen-bond acceptors (Lipinski definition) is 4. The van der Waals surface area contributed by atoms with Gasteiger partial charge in [-0.15, -0.1) is 0 Å². The zero-order valence-electron chi connectivity index (χ0n) is 12.4. The number of rotatable bonds is 6. The van der Waals surface area contributed by atoms with E-state index in [1.807, 2.05) is 31.7 Å². The van der Waals surface area contributed by atoms with Crippen LogP contribution in [0.4, 0.5) is 0 Å². The van der Waals surface area contributed by atoms with Crippen LogP contribution in [-0.4, -0.2) is 25.0 Å². The molecule has 0 aromatic carbocycles. The lowest BCUT2D eigenvalue weighted by atomic mass is 10.2. The van der Waals surface area contributed by atoms with E-state index in [-0.39, 0.29) is 11.4 Å². The quantitative estimate of drug-likeness (QED) is 0.832. The summed E-state index contributed by atoms with van der Waals surface area (Å²) < 4.78 is 29.1. The Labute approximate surface area is 125 Å². The lowest BCUT2D eigenvalue weighted by Crippen LogP contribution is -2.23. The fourth-order valence-corrected chi connectivity index (χ4v) is 3.14. The van der Waals surface area contributed by atoms with E-state index >= 15 is 0 Å². The highest BCUT2D eigenvalue weighted by Gasteiger charge is 2.17. The molecule has 0 saturated heterocycles. The molecule has 0 bridgehead atoms. The molecule has 0 aliphatic carbocycles. The Kier molecular flexibility index (Phi) is 4.76. The van der Waals surface area contributed by atoms with Crippen molar-refractivity contribution < 1.29 is 8.42 Å². The number of aryl methyl sites for hydroxylation is 2. The van der Waals surface area contributed by atoms with Gasteiger partial charge in [0.2, 0.25) is 10.0 Å². The second kappa shape index (κ2) is 6.38. The molecule has 7 heteroatoms. The number of pyridine rings is 1. The van der Waals surface area contributed by atoms with Crippen LogP contribution in [0.1, 0.15) is 16.8 Å². The molecule has 2 rings (SSSR count). The van der Waals surface area contributed by atoms with Gasteiger partial charge in [0.05, 0.1) is 4.90 Å².